The Labute approximate surface area is 202 Å². The van der Waals surface area contributed by atoms with Gasteiger partial charge < -0.3 is 14.4 Å². The number of pyridine rings is 1. The van der Waals surface area contributed by atoms with Crippen LogP contribution in [0.5, 0.6) is 5.75 Å². The minimum Gasteiger partial charge on any atom is -0.495 e. The molecule has 1 aromatic carbocycles. The van der Waals surface area contributed by atoms with Crippen molar-refractivity contribution in [2.45, 2.75) is 25.5 Å². The first-order chi connectivity index (χ1) is 17.1. The zero-order valence-corrected chi connectivity index (χ0v) is 19.7. The van der Waals surface area contributed by atoms with Crippen LogP contribution in [0, 0.1) is 18.3 Å². The Bertz CT molecular complexity index is 1260. The third-order valence-corrected chi connectivity index (χ3v) is 6.67. The van der Waals surface area contributed by atoms with E-state index < -0.39 is 0 Å². The van der Waals surface area contributed by atoms with Crippen LogP contribution in [0.15, 0.2) is 36.7 Å². The lowest BCUT2D eigenvalue weighted by atomic mass is 10.0. The van der Waals surface area contributed by atoms with Crippen molar-refractivity contribution >= 4 is 5.91 Å². The molecule has 180 valence electrons. The van der Waals surface area contributed by atoms with Crippen LogP contribution in [0.2, 0.25) is 0 Å². The number of carbonyl (C=O) groups is 1. The summed E-state index contributed by atoms with van der Waals surface area (Å²) in [4.78, 5) is 21.9. The highest BCUT2D eigenvalue weighted by Crippen LogP contribution is 2.30. The fourth-order valence-electron chi connectivity index (χ4n) is 4.64. The van der Waals surface area contributed by atoms with Gasteiger partial charge >= 0.3 is 0 Å². The van der Waals surface area contributed by atoms with Gasteiger partial charge in [0.15, 0.2) is 5.82 Å². The van der Waals surface area contributed by atoms with Gasteiger partial charge in [0.05, 0.1) is 37.8 Å². The number of hydrogen-bond donors (Lipinski definition) is 0. The van der Waals surface area contributed by atoms with Crippen LogP contribution in [-0.4, -0.2) is 86.8 Å². The summed E-state index contributed by atoms with van der Waals surface area (Å²) in [5.41, 5.74) is 3.18. The van der Waals surface area contributed by atoms with Gasteiger partial charge in [-0.05, 0) is 46.7 Å². The summed E-state index contributed by atoms with van der Waals surface area (Å²) < 4.78 is 13.0. The maximum absolute atomic E-state index is 13.1. The van der Waals surface area contributed by atoms with E-state index in [1.54, 1.807) is 13.2 Å². The number of methoxy groups -OCH3 is 1. The van der Waals surface area contributed by atoms with Gasteiger partial charge in [-0.15, -0.1) is 5.10 Å². The Morgan fingerprint density at radius 3 is 2.89 bits per heavy atom. The van der Waals surface area contributed by atoms with Gasteiger partial charge in [0.1, 0.15) is 18.1 Å². The number of nitrogens with zero attached hydrogens (tertiary/aromatic N) is 8. The maximum Gasteiger partial charge on any atom is 0.227 e. The van der Waals surface area contributed by atoms with Gasteiger partial charge in [-0.1, -0.05) is 12.1 Å². The second kappa shape index (κ2) is 9.77. The fourth-order valence-corrected chi connectivity index (χ4v) is 4.64. The lowest BCUT2D eigenvalue weighted by molar-refractivity contribution is -0.139. The number of aromatic nitrogens is 5. The van der Waals surface area contributed by atoms with E-state index in [4.69, 9.17) is 9.47 Å². The first-order valence-electron chi connectivity index (χ1n) is 11.5. The van der Waals surface area contributed by atoms with Gasteiger partial charge in [-0.2, -0.15) is 9.94 Å². The summed E-state index contributed by atoms with van der Waals surface area (Å²) in [7, 11) is 1.56. The second-order valence-corrected chi connectivity index (χ2v) is 8.73. The molecule has 3 aromatic rings. The van der Waals surface area contributed by atoms with Crippen LogP contribution in [0.3, 0.4) is 0 Å². The normalized spacial score (nSPS) is 20.2. The molecule has 0 spiro atoms. The molecular formula is C24H26N8O3. The van der Waals surface area contributed by atoms with E-state index in [2.05, 4.69) is 31.5 Å². The monoisotopic (exact) mass is 474 g/mol. The first-order valence-corrected chi connectivity index (χ1v) is 11.5. The smallest absolute Gasteiger partial charge is 0.227 e. The highest BCUT2D eigenvalue weighted by atomic mass is 16.5. The lowest BCUT2D eigenvalue weighted by Gasteiger charge is -2.46. The molecule has 0 saturated carbocycles. The van der Waals surface area contributed by atoms with Crippen molar-refractivity contribution in [2.24, 2.45) is 0 Å². The Morgan fingerprint density at radius 2 is 2.14 bits per heavy atom. The summed E-state index contributed by atoms with van der Waals surface area (Å²) >= 11 is 0. The molecule has 2 fully saturated rings. The van der Waals surface area contributed by atoms with Crippen LogP contribution in [0.4, 0.5) is 0 Å². The van der Waals surface area contributed by atoms with Crippen molar-refractivity contribution in [1.29, 1.82) is 5.26 Å². The number of fused-ring (bicyclic) bond motifs is 1. The fraction of sp³-hybridized carbons (Fsp3) is 0.417. The van der Waals surface area contributed by atoms with E-state index in [0.717, 1.165) is 29.9 Å². The van der Waals surface area contributed by atoms with E-state index >= 15 is 0 Å². The number of nitriles is 1. The molecule has 2 aliphatic heterocycles. The number of carbonyl (C=O) groups excluding carboxylic acids is 1. The number of aryl methyl sites for hydroxylation is 1. The third-order valence-electron chi connectivity index (χ3n) is 6.67. The molecule has 0 N–H and O–H groups in total. The predicted octanol–water partition coefficient (Wildman–Crippen LogP) is 1.07. The summed E-state index contributed by atoms with van der Waals surface area (Å²) in [6.45, 7) is 5.27. The van der Waals surface area contributed by atoms with E-state index in [1.165, 1.54) is 11.0 Å². The molecule has 2 aromatic heterocycles. The Morgan fingerprint density at radius 1 is 1.26 bits per heavy atom. The molecule has 0 aliphatic carbocycles. The number of amides is 1. The number of rotatable bonds is 5. The van der Waals surface area contributed by atoms with Crippen LogP contribution in [-0.2, 0) is 16.0 Å². The van der Waals surface area contributed by atoms with Gasteiger partial charge in [-0.3, -0.25) is 9.69 Å². The zero-order chi connectivity index (χ0) is 24.4. The first kappa shape index (κ1) is 22.9. The summed E-state index contributed by atoms with van der Waals surface area (Å²) in [6.07, 6.45) is 1.69. The summed E-state index contributed by atoms with van der Waals surface area (Å²) in [5.74, 6) is 1.26. The molecule has 5 rings (SSSR count). The predicted molar refractivity (Wildman–Crippen MR) is 124 cm³/mol. The number of piperazine rings is 1. The molecule has 35 heavy (non-hydrogen) atoms. The van der Waals surface area contributed by atoms with Gasteiger partial charge in [-0.25, -0.2) is 4.98 Å². The molecule has 0 radical (unpaired) electrons. The van der Waals surface area contributed by atoms with Gasteiger partial charge in [0, 0.05) is 31.9 Å². The number of benzene rings is 1. The number of morpholine rings is 1. The topological polar surface area (TPSA) is 122 Å². The molecule has 11 heteroatoms. The average Bonchev–Trinajstić information content (AvgIpc) is 3.44. The molecule has 4 heterocycles. The van der Waals surface area contributed by atoms with Crippen molar-refractivity contribution in [3.63, 3.8) is 0 Å². The average molecular weight is 475 g/mol. The number of hydrogen-bond acceptors (Lipinski definition) is 9. The third kappa shape index (κ3) is 4.71. The SMILES string of the molecule is COc1cc([C@H]2CN3CCN(C(=O)Cc4ccc(-n5cnnn5)nc4C)C[C@H]3CO2)ccc1C#N. The molecule has 1 amide bonds. The van der Waals surface area contributed by atoms with Crippen LogP contribution < -0.4 is 4.74 Å². The Balaban J connectivity index is 1.19. The highest BCUT2D eigenvalue weighted by molar-refractivity contribution is 5.79. The lowest BCUT2D eigenvalue weighted by Crippen LogP contribution is -2.59. The van der Waals surface area contributed by atoms with Gasteiger partial charge in [0.2, 0.25) is 5.91 Å². The second-order valence-electron chi connectivity index (χ2n) is 8.73. The van der Waals surface area contributed by atoms with Crippen molar-refractivity contribution in [1.82, 2.24) is 35.0 Å². The van der Waals surface area contributed by atoms with E-state index in [9.17, 15) is 10.1 Å². The minimum atomic E-state index is -0.0948. The molecular weight excluding hydrogens is 448 g/mol. The summed E-state index contributed by atoms with van der Waals surface area (Å²) in [5, 5.41) is 20.3. The standard InChI is InChI=1S/C24H26N8O3/c1-16-17(5-6-23(27-16)32-15-26-28-29-32)10-24(33)31-8-7-30-13-22(35-14-20(30)12-31)18-3-4-19(11-25)21(9-18)34-2/h3-6,9,15,20,22H,7-8,10,12-14H2,1-2H3/t20-,22+/m0/s1. The van der Waals surface area contributed by atoms with Gasteiger partial charge in [0.25, 0.3) is 0 Å². The molecule has 0 unspecified atom stereocenters. The molecule has 0 bridgehead atoms. The van der Waals surface area contributed by atoms with Crippen LogP contribution in [0.1, 0.15) is 28.5 Å². The van der Waals surface area contributed by atoms with E-state index in [-0.39, 0.29) is 18.1 Å². The largest absolute Gasteiger partial charge is 0.495 e. The molecule has 2 aliphatic rings. The molecule has 2 atom stereocenters. The Hall–Kier alpha value is -3.88. The number of tetrazole rings is 1. The van der Waals surface area contributed by atoms with Crippen LogP contribution in [0.25, 0.3) is 5.82 Å². The molecule has 11 nitrogen and oxygen atoms in total. The quantitative estimate of drug-likeness (QED) is 0.534. The van der Waals surface area contributed by atoms with E-state index in [0.29, 0.717) is 43.2 Å². The maximum atomic E-state index is 13.1. The minimum absolute atomic E-state index is 0.0867. The zero-order valence-electron chi connectivity index (χ0n) is 19.7. The summed E-state index contributed by atoms with van der Waals surface area (Å²) in [6, 6.07) is 11.6. The van der Waals surface area contributed by atoms with Crippen molar-refractivity contribution < 1.29 is 14.3 Å². The van der Waals surface area contributed by atoms with Crippen molar-refractivity contribution in [3.8, 4) is 17.6 Å². The van der Waals surface area contributed by atoms with Crippen molar-refractivity contribution in [3.05, 3.63) is 59.0 Å². The van der Waals surface area contributed by atoms with Crippen molar-refractivity contribution in [2.75, 3.05) is 39.9 Å². The van der Waals surface area contributed by atoms with E-state index in [1.807, 2.05) is 36.1 Å². The van der Waals surface area contributed by atoms with Crippen LogP contribution >= 0.6 is 0 Å². The Kier molecular flexibility index (Phi) is 6.39. The highest BCUT2D eigenvalue weighted by Gasteiger charge is 2.35. The molecule has 2 saturated heterocycles. The number of ether oxygens (including phenoxy) is 2.